The van der Waals surface area contributed by atoms with Gasteiger partial charge in [-0.1, -0.05) is 34.1 Å². The fourth-order valence-corrected chi connectivity index (χ4v) is 1.56. The maximum Gasteiger partial charge on any atom is 0.312 e. The van der Waals surface area contributed by atoms with E-state index in [4.69, 9.17) is 5.73 Å². The van der Waals surface area contributed by atoms with Gasteiger partial charge in [-0.2, -0.15) is 0 Å². The Balaban J connectivity index is 0. The summed E-state index contributed by atoms with van der Waals surface area (Å²) in [6.07, 6.45) is 2.70. The normalized spacial score (nSPS) is 10.9. The van der Waals surface area contributed by atoms with Gasteiger partial charge < -0.3 is 21.7 Å². The molecule has 0 radical (unpaired) electrons. The van der Waals surface area contributed by atoms with Crippen LogP contribution in [0.2, 0.25) is 0 Å². The SMILES string of the molecule is CCC.CCNCC(=O)NC(CCCNC(N)=O)C(=O)CC. The summed E-state index contributed by atoms with van der Waals surface area (Å²) in [5, 5.41) is 8.04. The summed E-state index contributed by atoms with van der Waals surface area (Å²) >= 11 is 0. The number of nitrogens with one attached hydrogen (secondary N) is 3. The fourth-order valence-electron chi connectivity index (χ4n) is 1.56. The highest BCUT2D eigenvalue weighted by Crippen LogP contribution is 2.01. The number of ketones is 1. The molecule has 0 spiro atoms. The van der Waals surface area contributed by atoms with Crippen molar-refractivity contribution in [1.82, 2.24) is 16.0 Å². The molecule has 0 fully saturated rings. The van der Waals surface area contributed by atoms with Crippen LogP contribution in [0.4, 0.5) is 4.79 Å². The second kappa shape index (κ2) is 15.8. The number of Topliss-reactive ketones (excluding diaryl/α,β-unsaturated/α-hetero) is 1. The van der Waals surface area contributed by atoms with Crippen molar-refractivity contribution < 1.29 is 14.4 Å². The molecule has 3 amide bonds. The predicted octanol–water partition coefficient (Wildman–Crippen LogP) is 0.925. The largest absolute Gasteiger partial charge is 0.352 e. The van der Waals surface area contributed by atoms with Gasteiger partial charge in [0.1, 0.15) is 0 Å². The lowest BCUT2D eigenvalue weighted by molar-refractivity contribution is -0.127. The Labute approximate surface area is 133 Å². The van der Waals surface area contributed by atoms with Crippen LogP contribution < -0.4 is 21.7 Å². The molecule has 1 atom stereocenters. The molecule has 7 heteroatoms. The van der Waals surface area contributed by atoms with Crippen molar-refractivity contribution in [2.45, 2.75) is 59.4 Å². The molecule has 0 aromatic carbocycles. The van der Waals surface area contributed by atoms with E-state index in [-0.39, 0.29) is 18.2 Å². The molecule has 0 aromatic heterocycles. The van der Waals surface area contributed by atoms with Crippen LogP contribution in [0.3, 0.4) is 0 Å². The average Bonchev–Trinajstić information content (AvgIpc) is 2.47. The van der Waals surface area contributed by atoms with Gasteiger partial charge in [-0.15, -0.1) is 0 Å². The van der Waals surface area contributed by atoms with Crippen LogP contribution in [0.15, 0.2) is 0 Å². The van der Waals surface area contributed by atoms with E-state index in [0.29, 0.717) is 32.4 Å². The molecule has 0 saturated heterocycles. The zero-order valence-corrected chi connectivity index (χ0v) is 14.3. The lowest BCUT2D eigenvalue weighted by atomic mass is 10.0. The summed E-state index contributed by atoms with van der Waals surface area (Å²) in [4.78, 5) is 33.8. The minimum Gasteiger partial charge on any atom is -0.352 e. The molecule has 0 aromatic rings. The van der Waals surface area contributed by atoms with Gasteiger partial charge in [0.2, 0.25) is 5.91 Å². The van der Waals surface area contributed by atoms with Crippen LogP contribution in [-0.2, 0) is 9.59 Å². The number of rotatable bonds is 10. The molecule has 0 bridgehead atoms. The van der Waals surface area contributed by atoms with Crippen molar-refractivity contribution in [3.8, 4) is 0 Å². The Bertz CT molecular complexity index is 322. The number of primary amides is 1. The van der Waals surface area contributed by atoms with Gasteiger partial charge in [-0.05, 0) is 19.4 Å². The molecular weight excluding hydrogens is 284 g/mol. The molecule has 0 saturated carbocycles. The minimum atomic E-state index is -0.588. The van der Waals surface area contributed by atoms with Crippen LogP contribution in [0, 0.1) is 0 Å². The average molecular weight is 316 g/mol. The van der Waals surface area contributed by atoms with Crippen LogP contribution in [-0.4, -0.2) is 43.4 Å². The zero-order chi connectivity index (χ0) is 17.4. The second-order valence-electron chi connectivity index (χ2n) is 4.86. The van der Waals surface area contributed by atoms with Crippen molar-refractivity contribution in [3.63, 3.8) is 0 Å². The lowest BCUT2D eigenvalue weighted by Gasteiger charge is -2.17. The van der Waals surface area contributed by atoms with Crippen molar-refractivity contribution in [3.05, 3.63) is 0 Å². The van der Waals surface area contributed by atoms with Crippen LogP contribution in [0.5, 0.6) is 0 Å². The third-order valence-corrected chi connectivity index (χ3v) is 2.58. The van der Waals surface area contributed by atoms with Gasteiger partial charge in [-0.25, -0.2) is 4.79 Å². The quantitative estimate of drug-likeness (QED) is 0.449. The first-order valence-corrected chi connectivity index (χ1v) is 7.98. The van der Waals surface area contributed by atoms with Crippen molar-refractivity contribution in [2.24, 2.45) is 5.73 Å². The Morgan fingerprint density at radius 1 is 1.09 bits per heavy atom. The molecule has 1 unspecified atom stereocenters. The van der Waals surface area contributed by atoms with E-state index in [1.54, 1.807) is 6.92 Å². The molecule has 0 heterocycles. The van der Waals surface area contributed by atoms with Crippen molar-refractivity contribution >= 4 is 17.7 Å². The summed E-state index contributed by atoms with van der Waals surface area (Å²) in [6, 6.07) is -1.08. The van der Waals surface area contributed by atoms with Gasteiger partial charge in [0.15, 0.2) is 5.78 Å². The number of hydrogen-bond donors (Lipinski definition) is 4. The molecule has 5 N–H and O–H groups in total. The third kappa shape index (κ3) is 14.8. The van der Waals surface area contributed by atoms with Gasteiger partial charge in [0.05, 0.1) is 12.6 Å². The smallest absolute Gasteiger partial charge is 0.312 e. The van der Waals surface area contributed by atoms with E-state index in [0.717, 1.165) is 0 Å². The zero-order valence-electron chi connectivity index (χ0n) is 14.3. The Morgan fingerprint density at radius 2 is 1.68 bits per heavy atom. The standard InChI is InChI=1S/C12H24N4O3.C3H8/c1-3-10(17)9(6-5-7-15-12(13)19)16-11(18)8-14-4-2;1-3-2/h9,14H,3-8H2,1-2H3,(H,16,18)(H3,13,15,19);3H2,1-2H3. The van der Waals surface area contributed by atoms with Gasteiger partial charge >= 0.3 is 6.03 Å². The first kappa shape index (κ1) is 22.6. The van der Waals surface area contributed by atoms with Crippen LogP contribution in [0.1, 0.15) is 53.4 Å². The van der Waals surface area contributed by atoms with Crippen molar-refractivity contribution in [1.29, 1.82) is 0 Å². The predicted molar refractivity (Wildman–Crippen MR) is 88.6 cm³/mol. The van der Waals surface area contributed by atoms with Crippen LogP contribution in [0.25, 0.3) is 0 Å². The van der Waals surface area contributed by atoms with E-state index >= 15 is 0 Å². The van der Waals surface area contributed by atoms with E-state index in [1.807, 2.05) is 6.92 Å². The molecule has 22 heavy (non-hydrogen) atoms. The number of urea groups is 1. The first-order chi connectivity index (χ1) is 10.4. The van der Waals surface area contributed by atoms with E-state index in [1.165, 1.54) is 6.42 Å². The Kier molecular flexibility index (Phi) is 16.2. The molecule has 0 aliphatic heterocycles. The van der Waals surface area contributed by atoms with Gasteiger partial charge in [0, 0.05) is 13.0 Å². The third-order valence-electron chi connectivity index (χ3n) is 2.58. The monoisotopic (exact) mass is 316 g/mol. The van der Waals surface area contributed by atoms with E-state index in [9.17, 15) is 14.4 Å². The highest BCUT2D eigenvalue weighted by Gasteiger charge is 2.18. The van der Waals surface area contributed by atoms with Crippen molar-refractivity contribution in [2.75, 3.05) is 19.6 Å². The summed E-state index contributed by atoms with van der Waals surface area (Å²) in [7, 11) is 0. The fraction of sp³-hybridized carbons (Fsp3) is 0.800. The first-order valence-electron chi connectivity index (χ1n) is 7.98. The lowest BCUT2D eigenvalue weighted by Crippen LogP contribution is -2.44. The maximum atomic E-state index is 11.7. The summed E-state index contributed by atoms with van der Waals surface area (Å²) < 4.78 is 0. The molecule has 0 rings (SSSR count). The molecular formula is C15H32N4O3. The number of hydrogen-bond acceptors (Lipinski definition) is 4. The van der Waals surface area contributed by atoms with E-state index in [2.05, 4.69) is 29.8 Å². The maximum absolute atomic E-state index is 11.7. The molecule has 7 nitrogen and oxygen atoms in total. The number of carbonyl (C=O) groups is 3. The van der Waals surface area contributed by atoms with Crippen LogP contribution >= 0.6 is 0 Å². The van der Waals surface area contributed by atoms with E-state index < -0.39 is 12.1 Å². The summed E-state index contributed by atoms with van der Waals surface area (Å²) in [5.74, 6) is -0.208. The number of likely N-dealkylation sites (N-methyl/N-ethyl adjacent to an activating group) is 1. The number of nitrogens with two attached hydrogens (primary N) is 1. The summed E-state index contributed by atoms with van der Waals surface area (Å²) in [5.41, 5.74) is 4.94. The van der Waals surface area contributed by atoms with Gasteiger partial charge in [0.25, 0.3) is 0 Å². The molecule has 130 valence electrons. The Hall–Kier alpha value is -1.63. The minimum absolute atomic E-state index is 0.0103. The summed E-state index contributed by atoms with van der Waals surface area (Å²) in [6.45, 7) is 9.20. The topological polar surface area (TPSA) is 113 Å². The number of carbonyl (C=O) groups excluding carboxylic acids is 3. The molecule has 0 aliphatic carbocycles. The number of amides is 3. The van der Waals surface area contributed by atoms with Gasteiger partial charge in [-0.3, -0.25) is 9.59 Å². The highest BCUT2D eigenvalue weighted by molar-refractivity contribution is 5.89. The Morgan fingerprint density at radius 3 is 2.14 bits per heavy atom. The molecule has 0 aliphatic rings. The highest BCUT2D eigenvalue weighted by atomic mass is 16.2. The second-order valence-corrected chi connectivity index (χ2v) is 4.86.